The van der Waals surface area contributed by atoms with Crippen LogP contribution in [0.3, 0.4) is 0 Å². The first-order chi connectivity index (χ1) is 13.5. The predicted molar refractivity (Wildman–Crippen MR) is 108 cm³/mol. The van der Waals surface area contributed by atoms with Crippen molar-refractivity contribution in [2.45, 2.75) is 77.6 Å². The van der Waals surface area contributed by atoms with Crippen LogP contribution in [-0.4, -0.2) is 13.1 Å². The largest absolute Gasteiger partial charge is 0.460 e. The van der Waals surface area contributed by atoms with Gasteiger partial charge in [0.2, 0.25) is 6.79 Å². The number of hydrogen-bond donors (Lipinski definition) is 0. The maximum Gasteiger partial charge on any atom is 0.231 e. The van der Waals surface area contributed by atoms with Gasteiger partial charge in [-0.3, -0.25) is 4.79 Å². The summed E-state index contributed by atoms with van der Waals surface area (Å²) in [5.74, 6) is 3.30. The Hall–Kier alpha value is -1.97. The minimum Gasteiger partial charge on any atom is -0.460 e. The van der Waals surface area contributed by atoms with E-state index in [1.807, 2.05) is 0 Å². The van der Waals surface area contributed by atoms with Gasteiger partial charge in [-0.25, -0.2) is 0 Å². The molecule has 0 N–H and O–H groups in total. The number of carbonyl (C=O) groups is 1. The van der Waals surface area contributed by atoms with E-state index in [1.54, 1.807) is 0 Å². The van der Waals surface area contributed by atoms with Gasteiger partial charge < -0.3 is 13.9 Å². The van der Waals surface area contributed by atoms with Gasteiger partial charge in [0.15, 0.2) is 17.8 Å². The van der Waals surface area contributed by atoms with Crippen LogP contribution in [-0.2, 0) is 5.41 Å². The van der Waals surface area contributed by atoms with Crippen molar-refractivity contribution in [3.63, 3.8) is 0 Å². The van der Waals surface area contributed by atoms with E-state index in [0.29, 0.717) is 34.5 Å². The lowest BCUT2D eigenvalue weighted by Gasteiger charge is -2.55. The molecule has 1 fully saturated rings. The third-order valence-electron chi connectivity index (χ3n) is 8.51. The smallest absolute Gasteiger partial charge is 0.231 e. The van der Waals surface area contributed by atoms with E-state index in [1.165, 1.54) is 37.7 Å². The zero-order valence-corrected chi connectivity index (χ0v) is 17.4. The second kappa shape index (κ2) is 6.01. The lowest BCUT2D eigenvalue weighted by Crippen LogP contribution is -2.50. The molecule has 4 atom stereocenters. The summed E-state index contributed by atoms with van der Waals surface area (Å²) in [6, 6.07) is 2.07. The van der Waals surface area contributed by atoms with Crippen LogP contribution in [0.2, 0.25) is 0 Å². The van der Waals surface area contributed by atoms with Gasteiger partial charge in [0.05, 0.1) is 0 Å². The summed E-state index contributed by atoms with van der Waals surface area (Å²) in [6.45, 7) is 9.71. The van der Waals surface area contributed by atoms with E-state index in [9.17, 15) is 4.79 Å². The van der Waals surface area contributed by atoms with Crippen LogP contribution in [0.5, 0.6) is 11.5 Å². The van der Waals surface area contributed by atoms with Crippen molar-refractivity contribution in [2.75, 3.05) is 6.79 Å². The van der Waals surface area contributed by atoms with Crippen LogP contribution in [0.4, 0.5) is 0 Å². The van der Waals surface area contributed by atoms with Crippen molar-refractivity contribution < 1.29 is 18.7 Å². The fraction of sp³-hybridized carbons (Fsp3) is 0.625. The first-order valence-electron chi connectivity index (χ1n) is 10.8. The van der Waals surface area contributed by atoms with Crippen molar-refractivity contribution in [1.29, 1.82) is 0 Å². The van der Waals surface area contributed by atoms with Gasteiger partial charge in [-0.2, -0.15) is 0 Å². The van der Waals surface area contributed by atoms with Gasteiger partial charge in [-0.1, -0.05) is 40.5 Å². The zero-order chi connectivity index (χ0) is 19.7. The highest BCUT2D eigenvalue weighted by Gasteiger charge is 2.56. The first kappa shape index (κ1) is 18.1. The van der Waals surface area contributed by atoms with Gasteiger partial charge in [0.1, 0.15) is 16.9 Å². The topological polar surface area (TPSA) is 48.7 Å². The summed E-state index contributed by atoms with van der Waals surface area (Å²) in [4.78, 5) is 12.0. The molecule has 150 valence electrons. The van der Waals surface area contributed by atoms with Gasteiger partial charge >= 0.3 is 0 Å². The number of aldehydes is 1. The average Bonchev–Trinajstić information content (AvgIpc) is 3.28. The molecular weight excluding hydrogens is 352 g/mol. The summed E-state index contributed by atoms with van der Waals surface area (Å²) in [5, 5.41) is 1.06. The molecule has 2 aromatic rings. The van der Waals surface area contributed by atoms with E-state index in [0.717, 1.165) is 23.9 Å². The summed E-state index contributed by atoms with van der Waals surface area (Å²) in [6.07, 6.45) is 8.12. The molecule has 1 aromatic carbocycles. The lowest BCUT2D eigenvalue weighted by molar-refractivity contribution is -0.000611. The fourth-order valence-corrected chi connectivity index (χ4v) is 6.91. The standard InChI is InChI=1S/C24H30O4/c1-5-24-10-8-14(2)20-19(23(24,4)9-6-7-15(24)3)16-11-18-22(27-13-26-18)17(12-25)21(16)28-20/h11-12,14-15H,5-10,13H2,1-4H3/t14-,15+,23?,24+/m1/s1. The Labute approximate surface area is 166 Å². The second-order valence-corrected chi connectivity index (χ2v) is 9.43. The zero-order valence-electron chi connectivity index (χ0n) is 17.4. The summed E-state index contributed by atoms with van der Waals surface area (Å²) < 4.78 is 17.8. The highest BCUT2D eigenvalue weighted by atomic mass is 16.7. The molecule has 5 rings (SSSR count). The highest BCUT2D eigenvalue weighted by molar-refractivity contribution is 6.02. The third-order valence-corrected chi connectivity index (χ3v) is 8.51. The normalized spacial score (nSPS) is 34.0. The molecular formula is C24H30O4. The van der Waals surface area contributed by atoms with E-state index < -0.39 is 0 Å². The second-order valence-electron chi connectivity index (χ2n) is 9.43. The Kier molecular flexibility index (Phi) is 3.88. The van der Waals surface area contributed by atoms with Crippen LogP contribution in [0, 0.1) is 11.3 Å². The minimum atomic E-state index is 0.0403. The van der Waals surface area contributed by atoms with Crippen LogP contribution in [0.15, 0.2) is 10.5 Å². The Morgan fingerprint density at radius 2 is 2.04 bits per heavy atom. The maximum atomic E-state index is 12.0. The van der Waals surface area contributed by atoms with Gasteiger partial charge in [-0.05, 0) is 43.1 Å². The summed E-state index contributed by atoms with van der Waals surface area (Å²) in [7, 11) is 0. The third kappa shape index (κ3) is 2.04. The molecule has 1 aliphatic heterocycles. The Morgan fingerprint density at radius 3 is 2.79 bits per heavy atom. The van der Waals surface area contributed by atoms with Crippen molar-refractivity contribution in [1.82, 2.24) is 0 Å². The van der Waals surface area contributed by atoms with E-state index in [-0.39, 0.29) is 17.6 Å². The number of furan rings is 1. The summed E-state index contributed by atoms with van der Waals surface area (Å²) >= 11 is 0. The van der Waals surface area contributed by atoms with Gasteiger partial charge in [-0.15, -0.1) is 0 Å². The number of fused-ring (bicyclic) bond motifs is 6. The molecule has 0 radical (unpaired) electrons. The molecule has 1 unspecified atom stereocenters. The predicted octanol–water partition coefficient (Wildman–Crippen LogP) is 6.35. The number of rotatable bonds is 2. The fourth-order valence-electron chi connectivity index (χ4n) is 6.91. The van der Waals surface area contributed by atoms with Crippen molar-refractivity contribution in [2.24, 2.45) is 11.3 Å². The number of ether oxygens (including phenoxy) is 2. The molecule has 4 heteroatoms. The Bertz CT molecular complexity index is 957. The molecule has 0 spiro atoms. The van der Waals surface area contributed by atoms with Crippen molar-refractivity contribution in [3.8, 4) is 11.5 Å². The van der Waals surface area contributed by atoms with Crippen LogP contribution in [0.25, 0.3) is 11.0 Å². The van der Waals surface area contributed by atoms with Crippen LogP contribution >= 0.6 is 0 Å². The molecule has 2 aliphatic carbocycles. The summed E-state index contributed by atoms with van der Waals surface area (Å²) in [5.41, 5.74) is 2.82. The Balaban J connectivity index is 1.88. The van der Waals surface area contributed by atoms with Gasteiger partial charge in [0, 0.05) is 22.3 Å². The molecule has 0 bridgehead atoms. The van der Waals surface area contributed by atoms with Crippen molar-refractivity contribution >= 4 is 17.3 Å². The number of hydrogen-bond acceptors (Lipinski definition) is 4. The maximum absolute atomic E-state index is 12.0. The molecule has 2 heterocycles. The molecule has 0 amide bonds. The number of carbonyl (C=O) groups excluding carboxylic acids is 1. The van der Waals surface area contributed by atoms with Crippen LogP contribution in [0.1, 0.15) is 93.8 Å². The first-order valence-corrected chi connectivity index (χ1v) is 10.8. The van der Waals surface area contributed by atoms with Gasteiger partial charge in [0.25, 0.3) is 0 Å². The minimum absolute atomic E-state index is 0.0403. The highest BCUT2D eigenvalue weighted by Crippen LogP contribution is 2.64. The molecule has 1 aromatic heterocycles. The Morgan fingerprint density at radius 1 is 1.21 bits per heavy atom. The number of benzene rings is 1. The van der Waals surface area contributed by atoms with E-state index in [2.05, 4.69) is 33.8 Å². The molecule has 4 nitrogen and oxygen atoms in total. The monoisotopic (exact) mass is 382 g/mol. The molecule has 28 heavy (non-hydrogen) atoms. The molecule has 0 saturated heterocycles. The average molecular weight is 383 g/mol. The lowest BCUT2D eigenvalue weighted by atomic mass is 9.48. The quantitative estimate of drug-likeness (QED) is 0.568. The van der Waals surface area contributed by atoms with Crippen molar-refractivity contribution in [3.05, 3.63) is 23.0 Å². The molecule has 1 saturated carbocycles. The van der Waals surface area contributed by atoms with E-state index >= 15 is 0 Å². The SMILES string of the molecule is CC[C@@]12CC[C@@H](C)c3oc4c(C=O)c5c(cc4c3C1(C)CCC[C@@H]2C)OCO5. The van der Waals surface area contributed by atoms with Crippen LogP contribution < -0.4 is 9.47 Å². The molecule has 3 aliphatic rings. The van der Waals surface area contributed by atoms with E-state index in [4.69, 9.17) is 13.9 Å².